The number of ether oxygens (including phenoxy) is 2. The monoisotopic (exact) mass is 311 g/mol. The predicted molar refractivity (Wildman–Crippen MR) is 73.6 cm³/mol. The van der Waals surface area contributed by atoms with Crippen LogP contribution in [0.4, 0.5) is 0 Å². The Morgan fingerprint density at radius 3 is 2.14 bits per heavy atom. The highest BCUT2D eigenvalue weighted by molar-refractivity contribution is 6.23. The van der Waals surface area contributed by atoms with Crippen LogP contribution < -0.4 is 5.32 Å². The summed E-state index contributed by atoms with van der Waals surface area (Å²) < 4.78 is 9.81. The quantitative estimate of drug-likeness (QED) is 0.632. The van der Waals surface area contributed by atoms with Crippen molar-refractivity contribution in [2.45, 2.75) is 19.8 Å². The molecule has 22 heavy (non-hydrogen) atoms. The second kappa shape index (κ2) is 7.39. The molecular weight excluding hydrogens is 294 g/mol. The highest BCUT2D eigenvalue weighted by Crippen LogP contribution is 2.28. The fourth-order valence-electron chi connectivity index (χ4n) is 1.99. The molecule has 0 fully saturated rings. The summed E-state index contributed by atoms with van der Waals surface area (Å²) in [5.74, 6) is -3.03. The molecule has 0 spiro atoms. The van der Waals surface area contributed by atoms with Gasteiger partial charge in [-0.25, -0.2) is 0 Å². The third kappa shape index (κ3) is 3.72. The fraction of sp³-hybridized carbons (Fsp3) is 0.429. The molecule has 120 valence electrons. The number of carboxylic acid groups (broad SMARTS) is 1. The van der Waals surface area contributed by atoms with Crippen molar-refractivity contribution in [3.05, 3.63) is 22.7 Å². The summed E-state index contributed by atoms with van der Waals surface area (Å²) in [5, 5.41) is 10.6. The van der Waals surface area contributed by atoms with Gasteiger partial charge in [0, 0.05) is 17.6 Å². The summed E-state index contributed by atoms with van der Waals surface area (Å²) in [5.41, 5.74) is 0.349. The van der Waals surface area contributed by atoms with E-state index < -0.39 is 30.0 Å². The van der Waals surface area contributed by atoms with Crippen molar-refractivity contribution in [3.8, 4) is 0 Å². The summed E-state index contributed by atoms with van der Waals surface area (Å²) in [6.45, 7) is 0.969. The van der Waals surface area contributed by atoms with Gasteiger partial charge in [-0.1, -0.05) is 0 Å². The van der Waals surface area contributed by atoms with Crippen LogP contribution in [-0.4, -0.2) is 49.3 Å². The minimum absolute atomic E-state index is 0.00567. The number of hydrogen-bond acceptors (Lipinski definition) is 6. The Balaban J connectivity index is 2.85. The lowest BCUT2D eigenvalue weighted by Crippen LogP contribution is -2.30. The van der Waals surface area contributed by atoms with Gasteiger partial charge in [0.2, 0.25) is 29.0 Å². The smallest absolute Gasteiger partial charge is 0.322 e. The van der Waals surface area contributed by atoms with Crippen LogP contribution >= 0.6 is 0 Å². The van der Waals surface area contributed by atoms with Crippen LogP contribution in [0.5, 0.6) is 0 Å². The standard InChI is InChI=1S/C14H17NO7/c1-7-8(4-5-9(16)15-6-10(17)18)12(20)14(22-3)13(21-2)11(7)19/h4-6H2,1-3H3,(H,15,16)(H,17,18). The Labute approximate surface area is 126 Å². The molecule has 1 aliphatic carbocycles. The van der Waals surface area contributed by atoms with E-state index >= 15 is 0 Å². The number of carbonyl (C=O) groups is 4. The number of nitrogens with one attached hydrogen (secondary N) is 1. The molecule has 0 heterocycles. The average molecular weight is 311 g/mol. The Hall–Kier alpha value is -2.64. The first kappa shape index (κ1) is 17.4. The van der Waals surface area contributed by atoms with Crippen LogP contribution in [-0.2, 0) is 28.7 Å². The molecule has 1 rings (SSSR count). The van der Waals surface area contributed by atoms with Gasteiger partial charge in [0.05, 0.1) is 14.2 Å². The summed E-state index contributed by atoms with van der Waals surface area (Å²) in [6, 6.07) is 0. The molecule has 0 bridgehead atoms. The number of rotatable bonds is 7. The lowest BCUT2D eigenvalue weighted by Gasteiger charge is -2.20. The third-order valence-corrected chi connectivity index (χ3v) is 3.13. The first-order chi connectivity index (χ1) is 10.3. The minimum atomic E-state index is -1.16. The first-order valence-electron chi connectivity index (χ1n) is 6.43. The minimum Gasteiger partial charge on any atom is -0.489 e. The van der Waals surface area contributed by atoms with Gasteiger partial charge in [-0.3, -0.25) is 19.2 Å². The zero-order chi connectivity index (χ0) is 16.9. The van der Waals surface area contributed by atoms with Crippen LogP contribution in [0.25, 0.3) is 0 Å². The third-order valence-electron chi connectivity index (χ3n) is 3.13. The fourth-order valence-corrected chi connectivity index (χ4v) is 1.99. The molecule has 0 saturated carbocycles. The van der Waals surface area contributed by atoms with Crippen molar-refractivity contribution in [1.29, 1.82) is 0 Å². The Morgan fingerprint density at radius 1 is 1.09 bits per heavy atom. The molecule has 0 aliphatic heterocycles. The molecule has 0 atom stereocenters. The number of amides is 1. The number of allylic oxidation sites excluding steroid dienone is 2. The second-order valence-corrected chi connectivity index (χ2v) is 4.50. The molecule has 0 aromatic carbocycles. The van der Waals surface area contributed by atoms with Gasteiger partial charge in [-0.15, -0.1) is 0 Å². The van der Waals surface area contributed by atoms with Crippen molar-refractivity contribution in [2.75, 3.05) is 20.8 Å². The molecule has 8 heteroatoms. The molecule has 0 aromatic heterocycles. The maximum atomic E-state index is 12.3. The number of Topliss-reactive ketones (excluding diaryl/α,β-unsaturated/α-hetero) is 2. The lowest BCUT2D eigenvalue weighted by atomic mass is 9.90. The van der Waals surface area contributed by atoms with Crippen LogP contribution in [0.2, 0.25) is 0 Å². The molecule has 1 amide bonds. The topological polar surface area (TPSA) is 119 Å². The predicted octanol–water partition coefficient (Wildman–Crippen LogP) is -0.0599. The van der Waals surface area contributed by atoms with Gasteiger partial charge >= 0.3 is 5.97 Å². The van der Waals surface area contributed by atoms with E-state index in [4.69, 9.17) is 14.6 Å². The van der Waals surface area contributed by atoms with Gasteiger partial charge < -0.3 is 19.9 Å². The van der Waals surface area contributed by atoms with E-state index in [0.717, 1.165) is 0 Å². The molecule has 2 N–H and O–H groups in total. The van der Waals surface area contributed by atoms with E-state index in [1.165, 1.54) is 21.1 Å². The van der Waals surface area contributed by atoms with E-state index in [0.29, 0.717) is 0 Å². The zero-order valence-corrected chi connectivity index (χ0v) is 12.5. The molecule has 0 aromatic rings. The van der Waals surface area contributed by atoms with Crippen LogP contribution in [0.3, 0.4) is 0 Å². The molecule has 8 nitrogen and oxygen atoms in total. The molecule has 0 saturated heterocycles. The average Bonchev–Trinajstić information content (AvgIpc) is 2.48. The highest BCUT2D eigenvalue weighted by Gasteiger charge is 2.34. The van der Waals surface area contributed by atoms with Gasteiger partial charge in [0.1, 0.15) is 6.54 Å². The van der Waals surface area contributed by atoms with E-state index in [2.05, 4.69) is 5.32 Å². The van der Waals surface area contributed by atoms with E-state index in [-0.39, 0.29) is 35.5 Å². The Kier molecular flexibility index (Phi) is 5.85. The number of methoxy groups -OCH3 is 2. The maximum absolute atomic E-state index is 12.3. The lowest BCUT2D eigenvalue weighted by molar-refractivity contribution is -0.138. The molecule has 0 unspecified atom stereocenters. The van der Waals surface area contributed by atoms with Crippen molar-refractivity contribution < 1.29 is 33.8 Å². The number of carbonyl (C=O) groups excluding carboxylic acids is 3. The highest BCUT2D eigenvalue weighted by atomic mass is 16.5. The zero-order valence-electron chi connectivity index (χ0n) is 12.5. The van der Waals surface area contributed by atoms with Crippen LogP contribution in [0.15, 0.2) is 22.7 Å². The summed E-state index contributed by atoms with van der Waals surface area (Å²) in [7, 11) is 2.51. The maximum Gasteiger partial charge on any atom is 0.322 e. The molecular formula is C14H17NO7. The Bertz CT molecular complexity index is 586. The van der Waals surface area contributed by atoms with E-state index in [1.807, 2.05) is 0 Å². The SMILES string of the molecule is COC1=C(OC)C(=O)C(CCC(=O)NCC(=O)O)=C(C)C1=O. The largest absolute Gasteiger partial charge is 0.489 e. The number of hydrogen-bond donors (Lipinski definition) is 2. The van der Waals surface area contributed by atoms with Gasteiger partial charge in [-0.05, 0) is 13.3 Å². The number of carboxylic acids is 1. The second-order valence-electron chi connectivity index (χ2n) is 4.50. The molecule has 0 radical (unpaired) electrons. The van der Waals surface area contributed by atoms with E-state index in [1.54, 1.807) is 0 Å². The Morgan fingerprint density at radius 2 is 1.64 bits per heavy atom. The van der Waals surface area contributed by atoms with Crippen LogP contribution in [0, 0.1) is 0 Å². The first-order valence-corrected chi connectivity index (χ1v) is 6.43. The van der Waals surface area contributed by atoms with E-state index in [9.17, 15) is 19.2 Å². The van der Waals surface area contributed by atoms with Crippen LogP contribution in [0.1, 0.15) is 19.8 Å². The van der Waals surface area contributed by atoms with Gasteiger partial charge in [0.15, 0.2) is 0 Å². The van der Waals surface area contributed by atoms with Crippen molar-refractivity contribution >= 4 is 23.4 Å². The molecule has 1 aliphatic rings. The number of ketones is 2. The van der Waals surface area contributed by atoms with Crippen molar-refractivity contribution in [3.63, 3.8) is 0 Å². The summed E-state index contributed by atoms with van der Waals surface area (Å²) in [4.78, 5) is 46.2. The van der Waals surface area contributed by atoms with Crippen molar-refractivity contribution in [2.24, 2.45) is 0 Å². The van der Waals surface area contributed by atoms with Gasteiger partial charge in [0.25, 0.3) is 0 Å². The van der Waals surface area contributed by atoms with Crippen molar-refractivity contribution in [1.82, 2.24) is 5.32 Å². The normalized spacial score (nSPS) is 15.0. The summed E-state index contributed by atoms with van der Waals surface area (Å²) >= 11 is 0. The summed E-state index contributed by atoms with van der Waals surface area (Å²) in [6.07, 6.45) is -0.107. The van der Waals surface area contributed by atoms with Gasteiger partial charge in [-0.2, -0.15) is 0 Å². The number of aliphatic carboxylic acids is 1.